The van der Waals surface area contributed by atoms with E-state index in [0.29, 0.717) is 35.9 Å². The third-order valence-electron chi connectivity index (χ3n) is 5.86. The molecule has 11 heteroatoms. The number of amides is 1. The molecule has 3 aromatic heterocycles. The first-order chi connectivity index (χ1) is 14.6. The van der Waals surface area contributed by atoms with E-state index in [9.17, 15) is 18.0 Å². The van der Waals surface area contributed by atoms with Crippen LogP contribution < -0.4 is 0 Å². The Morgan fingerprint density at radius 3 is 2.42 bits per heavy atom. The van der Waals surface area contributed by atoms with E-state index in [-0.39, 0.29) is 11.3 Å². The van der Waals surface area contributed by atoms with Crippen LogP contribution in [-0.4, -0.2) is 61.4 Å². The van der Waals surface area contributed by atoms with Crippen molar-refractivity contribution < 1.29 is 18.0 Å². The summed E-state index contributed by atoms with van der Waals surface area (Å²) in [5, 5.41) is 8.12. The molecular weight excluding hydrogens is 429 g/mol. The topological polar surface area (TPSA) is 59.2 Å². The fraction of sp³-hybridized carbons (Fsp3) is 0.550. The van der Waals surface area contributed by atoms with Crippen LogP contribution in [0.15, 0.2) is 6.07 Å². The van der Waals surface area contributed by atoms with Gasteiger partial charge in [0.15, 0.2) is 5.69 Å². The van der Waals surface area contributed by atoms with Crippen molar-refractivity contribution >= 4 is 27.5 Å². The van der Waals surface area contributed by atoms with Crippen LogP contribution >= 0.6 is 11.3 Å². The molecule has 3 aromatic rings. The van der Waals surface area contributed by atoms with Crippen LogP contribution in [0.2, 0.25) is 0 Å². The Morgan fingerprint density at radius 2 is 1.84 bits per heavy atom. The Hall–Kier alpha value is -2.40. The Balaban J connectivity index is 1.45. The van der Waals surface area contributed by atoms with Gasteiger partial charge in [0, 0.05) is 63.0 Å². The van der Waals surface area contributed by atoms with Gasteiger partial charge in [0.1, 0.15) is 4.83 Å². The first kappa shape index (κ1) is 21.8. The molecule has 0 saturated carbocycles. The second-order valence-corrected chi connectivity index (χ2v) is 8.86. The van der Waals surface area contributed by atoms with Gasteiger partial charge in [0.25, 0.3) is 5.91 Å². The minimum Gasteiger partial charge on any atom is -0.335 e. The number of halogens is 3. The summed E-state index contributed by atoms with van der Waals surface area (Å²) in [6.07, 6.45) is -4.55. The number of aromatic nitrogens is 4. The molecule has 0 spiro atoms. The van der Waals surface area contributed by atoms with Crippen LogP contribution in [0.3, 0.4) is 0 Å². The average molecular weight is 455 g/mol. The van der Waals surface area contributed by atoms with Gasteiger partial charge in [-0.05, 0) is 26.8 Å². The number of rotatable bonds is 4. The van der Waals surface area contributed by atoms with E-state index < -0.39 is 11.9 Å². The molecule has 1 aliphatic heterocycles. The normalized spacial score (nSPS) is 15.9. The predicted molar refractivity (Wildman–Crippen MR) is 112 cm³/mol. The summed E-state index contributed by atoms with van der Waals surface area (Å²) >= 11 is 1.06. The van der Waals surface area contributed by atoms with Crippen molar-refractivity contribution in [3.63, 3.8) is 0 Å². The van der Waals surface area contributed by atoms with Crippen molar-refractivity contribution in [2.24, 2.45) is 7.05 Å². The van der Waals surface area contributed by atoms with E-state index >= 15 is 0 Å². The summed E-state index contributed by atoms with van der Waals surface area (Å²) in [5.41, 5.74) is 2.47. The Labute approximate surface area is 182 Å². The molecular formula is C20H25F3N6OS. The van der Waals surface area contributed by atoms with Crippen LogP contribution in [0, 0.1) is 13.8 Å². The van der Waals surface area contributed by atoms with Gasteiger partial charge in [-0.1, -0.05) is 0 Å². The van der Waals surface area contributed by atoms with Crippen LogP contribution in [0.25, 0.3) is 10.2 Å². The summed E-state index contributed by atoms with van der Waals surface area (Å²) in [6.45, 7) is 10.3. The molecule has 4 heterocycles. The van der Waals surface area contributed by atoms with E-state index in [4.69, 9.17) is 0 Å². The molecule has 0 aromatic carbocycles. The van der Waals surface area contributed by atoms with Gasteiger partial charge in [-0.2, -0.15) is 23.4 Å². The molecule has 168 valence electrons. The first-order valence-electron chi connectivity index (χ1n) is 10.2. The molecule has 7 nitrogen and oxygen atoms in total. The minimum atomic E-state index is -4.55. The minimum absolute atomic E-state index is 0.0131. The highest BCUT2D eigenvalue weighted by molar-refractivity contribution is 7.20. The van der Waals surface area contributed by atoms with Crippen molar-refractivity contribution in [3.8, 4) is 0 Å². The fourth-order valence-corrected chi connectivity index (χ4v) is 5.15. The SMILES string of the molecule is CCn1nc(C)c(CN2CCN(C(=O)c3cc4c(C(F)(F)F)nn(C)c4s3)CC2)c1C. The van der Waals surface area contributed by atoms with Crippen molar-refractivity contribution in [1.82, 2.24) is 29.4 Å². The largest absolute Gasteiger partial charge is 0.435 e. The van der Waals surface area contributed by atoms with Crippen molar-refractivity contribution in [2.45, 2.75) is 40.0 Å². The van der Waals surface area contributed by atoms with Gasteiger partial charge in [0.05, 0.1) is 10.6 Å². The highest BCUT2D eigenvalue weighted by Gasteiger charge is 2.38. The zero-order chi connectivity index (χ0) is 22.5. The number of nitrogens with zero attached hydrogens (tertiary/aromatic N) is 6. The van der Waals surface area contributed by atoms with Gasteiger partial charge < -0.3 is 4.90 Å². The van der Waals surface area contributed by atoms with Crippen molar-refractivity contribution in [1.29, 1.82) is 0 Å². The number of thiophene rings is 1. The van der Waals surface area contributed by atoms with E-state index in [1.54, 1.807) is 4.90 Å². The maximum Gasteiger partial charge on any atom is 0.435 e. The number of carbonyl (C=O) groups excluding carboxylic acids is 1. The second-order valence-electron chi connectivity index (χ2n) is 7.83. The summed E-state index contributed by atoms with van der Waals surface area (Å²) in [7, 11) is 1.46. The molecule has 31 heavy (non-hydrogen) atoms. The monoisotopic (exact) mass is 454 g/mol. The molecule has 1 aliphatic rings. The lowest BCUT2D eigenvalue weighted by atomic mass is 10.1. The number of alkyl halides is 3. The Bertz CT molecular complexity index is 1120. The number of hydrogen-bond donors (Lipinski definition) is 0. The molecule has 1 saturated heterocycles. The third kappa shape index (κ3) is 3.96. The lowest BCUT2D eigenvalue weighted by Crippen LogP contribution is -2.48. The summed E-state index contributed by atoms with van der Waals surface area (Å²) in [4.78, 5) is 17.6. The van der Waals surface area contributed by atoms with E-state index in [1.807, 2.05) is 11.6 Å². The van der Waals surface area contributed by atoms with Gasteiger partial charge in [0.2, 0.25) is 0 Å². The Kier molecular flexibility index (Phi) is 5.59. The van der Waals surface area contributed by atoms with Crippen LogP contribution in [0.5, 0.6) is 0 Å². The molecule has 0 bridgehead atoms. The summed E-state index contributed by atoms with van der Waals surface area (Å²) < 4.78 is 42.9. The van der Waals surface area contributed by atoms with E-state index in [2.05, 4.69) is 28.9 Å². The van der Waals surface area contributed by atoms with Crippen LogP contribution in [0.1, 0.15) is 39.2 Å². The molecule has 1 fully saturated rings. The second kappa shape index (κ2) is 7.94. The highest BCUT2D eigenvalue weighted by atomic mass is 32.1. The van der Waals surface area contributed by atoms with Gasteiger partial charge in [-0.3, -0.25) is 19.1 Å². The molecule has 0 aliphatic carbocycles. The number of fused-ring (bicyclic) bond motifs is 1. The van der Waals surface area contributed by atoms with Crippen LogP contribution in [-0.2, 0) is 26.3 Å². The Morgan fingerprint density at radius 1 is 1.16 bits per heavy atom. The molecule has 4 rings (SSSR count). The van der Waals surface area contributed by atoms with Gasteiger partial charge in [-0.25, -0.2) is 0 Å². The smallest absolute Gasteiger partial charge is 0.335 e. The van der Waals surface area contributed by atoms with E-state index in [1.165, 1.54) is 23.4 Å². The zero-order valence-corrected chi connectivity index (χ0v) is 18.8. The third-order valence-corrected chi connectivity index (χ3v) is 7.05. The molecule has 0 atom stereocenters. The first-order valence-corrected chi connectivity index (χ1v) is 11.0. The number of hydrogen-bond acceptors (Lipinski definition) is 5. The quantitative estimate of drug-likeness (QED) is 0.606. The molecule has 0 radical (unpaired) electrons. The predicted octanol–water partition coefficient (Wildman–Crippen LogP) is 3.44. The van der Waals surface area contributed by atoms with Crippen molar-refractivity contribution in [2.75, 3.05) is 26.2 Å². The number of carbonyl (C=O) groups is 1. The lowest BCUT2D eigenvalue weighted by Gasteiger charge is -2.34. The maximum absolute atomic E-state index is 13.2. The standard InChI is InChI=1S/C20H25F3N6OS/c1-5-29-13(3)15(12(2)24-29)11-27-6-8-28(9-7-27)18(30)16-10-14-17(20(21,22)23)25-26(4)19(14)31-16/h10H,5-9,11H2,1-4H3. The van der Waals surface area contributed by atoms with E-state index in [0.717, 1.165) is 35.8 Å². The van der Waals surface area contributed by atoms with Gasteiger partial charge in [-0.15, -0.1) is 11.3 Å². The zero-order valence-electron chi connectivity index (χ0n) is 18.0. The summed E-state index contributed by atoms with van der Waals surface area (Å²) in [5.74, 6) is -0.222. The molecule has 1 amide bonds. The number of piperazine rings is 1. The van der Waals surface area contributed by atoms with Crippen molar-refractivity contribution in [3.05, 3.63) is 33.6 Å². The molecule has 0 N–H and O–H groups in total. The highest BCUT2D eigenvalue weighted by Crippen LogP contribution is 2.37. The lowest BCUT2D eigenvalue weighted by molar-refractivity contribution is -0.140. The van der Waals surface area contributed by atoms with Crippen LogP contribution in [0.4, 0.5) is 13.2 Å². The number of aryl methyl sites for hydroxylation is 3. The fourth-order valence-electron chi connectivity index (χ4n) is 4.11. The van der Waals surface area contributed by atoms with Gasteiger partial charge >= 0.3 is 6.18 Å². The summed E-state index contributed by atoms with van der Waals surface area (Å²) in [6, 6.07) is 1.33. The maximum atomic E-state index is 13.2. The average Bonchev–Trinajstić information content (AvgIpc) is 3.36. The molecule has 0 unspecified atom stereocenters.